The standard InChI is InChI=1S/C20H22N2O/c1-15-9-11-22(12-10-15)14-16-7-8-19-18(13-16)21-20(23-19)17-5-3-2-4-6-17/h2-8,13,15H,9-12,14H2,1H3. The maximum Gasteiger partial charge on any atom is 0.227 e. The number of hydrogen-bond acceptors (Lipinski definition) is 3. The van der Waals surface area contributed by atoms with Crippen molar-refractivity contribution in [2.45, 2.75) is 26.3 Å². The van der Waals surface area contributed by atoms with E-state index in [2.05, 4.69) is 35.0 Å². The summed E-state index contributed by atoms with van der Waals surface area (Å²) in [7, 11) is 0. The van der Waals surface area contributed by atoms with Crippen molar-refractivity contribution in [2.24, 2.45) is 5.92 Å². The van der Waals surface area contributed by atoms with Crippen molar-refractivity contribution in [2.75, 3.05) is 13.1 Å². The van der Waals surface area contributed by atoms with E-state index in [1.807, 2.05) is 30.3 Å². The minimum absolute atomic E-state index is 0.699. The van der Waals surface area contributed by atoms with Crippen LogP contribution in [0, 0.1) is 5.92 Å². The van der Waals surface area contributed by atoms with E-state index in [1.165, 1.54) is 31.5 Å². The molecule has 0 atom stereocenters. The van der Waals surface area contributed by atoms with Crippen molar-refractivity contribution in [3.63, 3.8) is 0 Å². The second kappa shape index (κ2) is 6.17. The monoisotopic (exact) mass is 306 g/mol. The maximum absolute atomic E-state index is 5.89. The molecule has 0 amide bonds. The fraction of sp³-hybridized carbons (Fsp3) is 0.350. The third kappa shape index (κ3) is 3.15. The number of likely N-dealkylation sites (tertiary alicyclic amines) is 1. The van der Waals surface area contributed by atoms with Gasteiger partial charge in [0.05, 0.1) is 0 Å². The van der Waals surface area contributed by atoms with Gasteiger partial charge in [-0.1, -0.05) is 31.2 Å². The van der Waals surface area contributed by atoms with E-state index in [9.17, 15) is 0 Å². The van der Waals surface area contributed by atoms with Crippen molar-refractivity contribution >= 4 is 11.1 Å². The van der Waals surface area contributed by atoms with E-state index in [0.717, 1.165) is 29.1 Å². The zero-order valence-corrected chi connectivity index (χ0v) is 13.5. The van der Waals surface area contributed by atoms with Crippen LogP contribution in [0.1, 0.15) is 25.3 Å². The van der Waals surface area contributed by atoms with Gasteiger partial charge in [-0.15, -0.1) is 0 Å². The maximum atomic E-state index is 5.89. The fourth-order valence-corrected chi connectivity index (χ4v) is 3.25. The Hall–Kier alpha value is -2.13. The van der Waals surface area contributed by atoms with Gasteiger partial charge in [-0.05, 0) is 61.7 Å². The average Bonchev–Trinajstić information content (AvgIpc) is 3.01. The van der Waals surface area contributed by atoms with Gasteiger partial charge in [0.1, 0.15) is 5.52 Å². The summed E-state index contributed by atoms with van der Waals surface area (Å²) in [5.41, 5.74) is 4.15. The van der Waals surface area contributed by atoms with Gasteiger partial charge in [-0.2, -0.15) is 0 Å². The highest BCUT2D eigenvalue weighted by Crippen LogP contribution is 2.25. The van der Waals surface area contributed by atoms with Gasteiger partial charge >= 0.3 is 0 Å². The van der Waals surface area contributed by atoms with Crippen LogP contribution in [0.15, 0.2) is 52.9 Å². The first-order valence-electron chi connectivity index (χ1n) is 8.45. The van der Waals surface area contributed by atoms with E-state index in [0.29, 0.717) is 5.89 Å². The molecule has 0 bridgehead atoms. The van der Waals surface area contributed by atoms with Crippen LogP contribution in [0.4, 0.5) is 0 Å². The fourth-order valence-electron chi connectivity index (χ4n) is 3.25. The molecule has 4 rings (SSSR count). The molecule has 0 N–H and O–H groups in total. The number of benzene rings is 2. The van der Waals surface area contributed by atoms with Crippen molar-refractivity contribution in [3.8, 4) is 11.5 Å². The normalized spacial score (nSPS) is 16.9. The second-order valence-electron chi connectivity index (χ2n) is 6.65. The number of oxazole rings is 1. The molecule has 118 valence electrons. The van der Waals surface area contributed by atoms with Gasteiger partial charge in [0.15, 0.2) is 5.58 Å². The molecule has 3 heteroatoms. The Kier molecular flexibility index (Phi) is 3.88. The molecular formula is C20H22N2O. The largest absolute Gasteiger partial charge is 0.436 e. The molecule has 1 fully saturated rings. The molecule has 2 heterocycles. The summed E-state index contributed by atoms with van der Waals surface area (Å²) in [6, 6.07) is 16.5. The zero-order chi connectivity index (χ0) is 15.6. The highest BCUT2D eigenvalue weighted by molar-refractivity contribution is 5.76. The molecule has 2 aromatic carbocycles. The van der Waals surface area contributed by atoms with Gasteiger partial charge in [0.25, 0.3) is 0 Å². The lowest BCUT2D eigenvalue weighted by molar-refractivity contribution is 0.185. The first-order valence-corrected chi connectivity index (χ1v) is 8.45. The number of rotatable bonds is 3. The molecule has 23 heavy (non-hydrogen) atoms. The van der Waals surface area contributed by atoms with E-state index in [4.69, 9.17) is 4.42 Å². The van der Waals surface area contributed by atoms with E-state index < -0.39 is 0 Å². The molecule has 0 saturated carbocycles. The molecule has 0 aliphatic carbocycles. The lowest BCUT2D eigenvalue weighted by atomic mass is 9.99. The summed E-state index contributed by atoms with van der Waals surface area (Å²) >= 11 is 0. The number of piperidine rings is 1. The quantitative estimate of drug-likeness (QED) is 0.700. The minimum atomic E-state index is 0.699. The van der Waals surface area contributed by atoms with Crippen molar-refractivity contribution in [3.05, 3.63) is 54.1 Å². The van der Waals surface area contributed by atoms with E-state index in [1.54, 1.807) is 0 Å². The molecular weight excluding hydrogens is 284 g/mol. The van der Waals surface area contributed by atoms with Crippen LogP contribution in [-0.4, -0.2) is 23.0 Å². The van der Waals surface area contributed by atoms with Crippen LogP contribution >= 0.6 is 0 Å². The summed E-state index contributed by atoms with van der Waals surface area (Å²) < 4.78 is 5.89. The smallest absolute Gasteiger partial charge is 0.227 e. The van der Waals surface area contributed by atoms with Gasteiger partial charge in [-0.3, -0.25) is 4.90 Å². The molecule has 1 aliphatic heterocycles. The zero-order valence-electron chi connectivity index (χ0n) is 13.5. The number of aromatic nitrogens is 1. The van der Waals surface area contributed by atoms with Crippen LogP contribution in [0.5, 0.6) is 0 Å². The number of nitrogens with zero attached hydrogens (tertiary/aromatic N) is 2. The molecule has 0 radical (unpaired) electrons. The van der Waals surface area contributed by atoms with Gasteiger partial charge in [-0.25, -0.2) is 4.98 Å². The Morgan fingerprint density at radius 2 is 1.87 bits per heavy atom. The van der Waals surface area contributed by atoms with Crippen LogP contribution in [0.3, 0.4) is 0 Å². The molecule has 3 nitrogen and oxygen atoms in total. The van der Waals surface area contributed by atoms with Crippen LogP contribution in [0.2, 0.25) is 0 Å². The van der Waals surface area contributed by atoms with Crippen LogP contribution in [-0.2, 0) is 6.54 Å². The Morgan fingerprint density at radius 3 is 2.65 bits per heavy atom. The van der Waals surface area contributed by atoms with E-state index >= 15 is 0 Å². The van der Waals surface area contributed by atoms with Crippen LogP contribution < -0.4 is 0 Å². The summed E-state index contributed by atoms with van der Waals surface area (Å²) in [6.45, 7) is 5.76. The Labute approximate surface area is 136 Å². The van der Waals surface area contributed by atoms with Crippen molar-refractivity contribution in [1.82, 2.24) is 9.88 Å². The topological polar surface area (TPSA) is 29.3 Å². The first kappa shape index (κ1) is 14.5. The van der Waals surface area contributed by atoms with E-state index in [-0.39, 0.29) is 0 Å². The Balaban J connectivity index is 1.56. The average molecular weight is 306 g/mol. The highest BCUT2D eigenvalue weighted by Gasteiger charge is 2.16. The van der Waals surface area contributed by atoms with Crippen molar-refractivity contribution < 1.29 is 4.42 Å². The molecule has 0 spiro atoms. The lowest BCUT2D eigenvalue weighted by Gasteiger charge is -2.30. The molecule has 3 aromatic rings. The molecule has 1 aliphatic rings. The summed E-state index contributed by atoms with van der Waals surface area (Å²) in [6.07, 6.45) is 2.62. The highest BCUT2D eigenvalue weighted by atomic mass is 16.3. The minimum Gasteiger partial charge on any atom is -0.436 e. The SMILES string of the molecule is CC1CCN(Cc2ccc3oc(-c4ccccc4)nc3c2)CC1. The van der Waals surface area contributed by atoms with Gasteiger partial charge < -0.3 is 4.42 Å². The number of hydrogen-bond donors (Lipinski definition) is 0. The Morgan fingerprint density at radius 1 is 1.09 bits per heavy atom. The summed E-state index contributed by atoms with van der Waals surface area (Å²) in [4.78, 5) is 7.20. The van der Waals surface area contributed by atoms with Crippen LogP contribution in [0.25, 0.3) is 22.6 Å². The number of fused-ring (bicyclic) bond motifs is 1. The third-order valence-corrected chi connectivity index (χ3v) is 4.76. The molecule has 0 unspecified atom stereocenters. The van der Waals surface area contributed by atoms with Gasteiger partial charge in [0.2, 0.25) is 5.89 Å². The molecule has 1 aromatic heterocycles. The predicted molar refractivity (Wildman–Crippen MR) is 93.1 cm³/mol. The van der Waals surface area contributed by atoms with Crippen molar-refractivity contribution in [1.29, 1.82) is 0 Å². The lowest BCUT2D eigenvalue weighted by Crippen LogP contribution is -2.32. The second-order valence-corrected chi connectivity index (χ2v) is 6.65. The Bertz CT molecular complexity index is 786. The summed E-state index contributed by atoms with van der Waals surface area (Å²) in [5.74, 6) is 1.57. The van der Waals surface area contributed by atoms with Gasteiger partial charge in [0, 0.05) is 12.1 Å². The summed E-state index contributed by atoms with van der Waals surface area (Å²) in [5, 5.41) is 0. The third-order valence-electron chi connectivity index (χ3n) is 4.76. The predicted octanol–water partition coefficient (Wildman–Crippen LogP) is 4.73. The molecule has 1 saturated heterocycles. The first-order chi connectivity index (χ1) is 11.3.